The van der Waals surface area contributed by atoms with Gasteiger partial charge in [0.1, 0.15) is 5.69 Å². The van der Waals surface area contributed by atoms with Crippen LogP contribution in [0.25, 0.3) is 11.3 Å². The first-order valence-electron chi connectivity index (χ1n) is 8.89. The monoisotopic (exact) mass is 364 g/mol. The summed E-state index contributed by atoms with van der Waals surface area (Å²) >= 11 is 0. The molecule has 3 aromatic rings. The fourth-order valence-electron chi connectivity index (χ4n) is 3.01. The quantitative estimate of drug-likeness (QED) is 0.703. The van der Waals surface area contributed by atoms with Gasteiger partial charge in [-0.05, 0) is 39.0 Å². The Bertz CT molecular complexity index is 949. The maximum Gasteiger partial charge on any atom is 0.251 e. The molecule has 1 atom stereocenters. The van der Waals surface area contributed by atoms with Crippen LogP contribution in [-0.2, 0) is 6.54 Å². The third kappa shape index (κ3) is 4.31. The molecule has 3 rings (SSSR count). The summed E-state index contributed by atoms with van der Waals surface area (Å²) in [5, 5.41) is 10.5. The molecule has 1 amide bonds. The van der Waals surface area contributed by atoms with Crippen molar-refractivity contribution in [2.45, 2.75) is 33.4 Å². The van der Waals surface area contributed by atoms with Crippen molar-refractivity contribution in [3.63, 3.8) is 0 Å². The highest BCUT2D eigenvalue weighted by atomic mass is 16.1. The zero-order valence-corrected chi connectivity index (χ0v) is 16.0. The van der Waals surface area contributed by atoms with Crippen molar-refractivity contribution in [3.8, 4) is 11.3 Å². The molecule has 0 saturated carbocycles. The third-order valence-electron chi connectivity index (χ3n) is 4.26. The molecule has 27 heavy (non-hydrogen) atoms. The van der Waals surface area contributed by atoms with Crippen molar-refractivity contribution in [1.29, 1.82) is 0 Å². The number of nitrogens with zero attached hydrogens (tertiary/aromatic N) is 4. The van der Waals surface area contributed by atoms with E-state index >= 15 is 0 Å². The van der Waals surface area contributed by atoms with Gasteiger partial charge in [0.15, 0.2) is 5.82 Å². The van der Waals surface area contributed by atoms with Gasteiger partial charge in [-0.1, -0.05) is 12.1 Å². The smallest absolute Gasteiger partial charge is 0.251 e. The molecule has 0 fully saturated rings. The van der Waals surface area contributed by atoms with E-state index in [9.17, 15) is 4.79 Å². The summed E-state index contributed by atoms with van der Waals surface area (Å²) in [6.45, 7) is 6.57. The van der Waals surface area contributed by atoms with Crippen LogP contribution in [0.5, 0.6) is 0 Å². The number of carbonyl (C=O) groups excluding carboxylic acids is 1. The van der Waals surface area contributed by atoms with Crippen LogP contribution in [0.4, 0.5) is 5.82 Å². The lowest BCUT2D eigenvalue weighted by Gasteiger charge is -2.15. The van der Waals surface area contributed by atoms with Crippen LogP contribution in [-0.4, -0.2) is 38.7 Å². The van der Waals surface area contributed by atoms with Crippen LogP contribution >= 0.6 is 0 Å². The van der Waals surface area contributed by atoms with Crippen LogP contribution in [0.15, 0.2) is 42.7 Å². The van der Waals surface area contributed by atoms with E-state index in [-0.39, 0.29) is 11.9 Å². The van der Waals surface area contributed by atoms with E-state index in [0.29, 0.717) is 23.6 Å². The molecule has 0 aliphatic heterocycles. The molecule has 1 aromatic carbocycles. The lowest BCUT2D eigenvalue weighted by Crippen LogP contribution is -2.36. The number of rotatable bonds is 6. The summed E-state index contributed by atoms with van der Waals surface area (Å²) in [6, 6.07) is 9.37. The average Bonchev–Trinajstić information content (AvgIpc) is 2.98. The fraction of sp³-hybridized carbons (Fsp3) is 0.300. The average molecular weight is 364 g/mol. The van der Waals surface area contributed by atoms with Crippen LogP contribution in [0.1, 0.15) is 28.7 Å². The molecule has 0 spiro atoms. The van der Waals surface area contributed by atoms with Gasteiger partial charge < -0.3 is 10.6 Å². The number of anilines is 1. The predicted molar refractivity (Wildman–Crippen MR) is 106 cm³/mol. The molecule has 2 heterocycles. The SMILES string of the molecule is CNc1nccnc1-c1cccc(C(=O)N[C@@H](C)Cn2nc(C)cc2C)c1. The molecule has 2 N–H and O–H groups in total. The fourth-order valence-corrected chi connectivity index (χ4v) is 3.01. The zero-order chi connectivity index (χ0) is 19.4. The molecule has 7 heteroatoms. The number of aryl methyl sites for hydroxylation is 2. The molecule has 7 nitrogen and oxygen atoms in total. The van der Waals surface area contributed by atoms with E-state index in [1.54, 1.807) is 25.5 Å². The van der Waals surface area contributed by atoms with Gasteiger partial charge in [0.25, 0.3) is 5.91 Å². The summed E-state index contributed by atoms with van der Waals surface area (Å²) in [5.41, 5.74) is 4.19. The molecule has 0 saturated heterocycles. The van der Waals surface area contributed by atoms with Crippen LogP contribution in [0.2, 0.25) is 0 Å². The molecule has 2 aromatic heterocycles. The van der Waals surface area contributed by atoms with Gasteiger partial charge >= 0.3 is 0 Å². The number of hydrogen-bond acceptors (Lipinski definition) is 5. The highest BCUT2D eigenvalue weighted by Crippen LogP contribution is 2.24. The van der Waals surface area contributed by atoms with E-state index in [1.807, 2.05) is 49.7 Å². The Balaban J connectivity index is 1.74. The second kappa shape index (κ2) is 7.99. The maximum absolute atomic E-state index is 12.7. The first kappa shape index (κ1) is 18.6. The standard InChI is InChI=1S/C20H24N6O/c1-13-10-15(3)26(25-13)12-14(2)24-20(27)17-7-5-6-16(11-17)18-19(21-4)23-9-8-22-18/h5-11,14H,12H2,1-4H3,(H,21,23)(H,24,27)/t14-/m0/s1. The molecule has 0 aliphatic carbocycles. The Kier molecular flexibility index (Phi) is 5.49. The summed E-state index contributed by atoms with van der Waals surface area (Å²) in [7, 11) is 1.80. The van der Waals surface area contributed by atoms with Crippen molar-refractivity contribution >= 4 is 11.7 Å². The van der Waals surface area contributed by atoms with Crippen LogP contribution in [0.3, 0.4) is 0 Å². The topological polar surface area (TPSA) is 84.7 Å². The van der Waals surface area contributed by atoms with Gasteiger partial charge in [0.05, 0.1) is 12.2 Å². The van der Waals surface area contributed by atoms with Gasteiger partial charge in [-0.2, -0.15) is 5.10 Å². The Hall–Kier alpha value is -3.22. The molecule has 0 unspecified atom stereocenters. The summed E-state index contributed by atoms with van der Waals surface area (Å²) in [5.74, 6) is 0.550. The molecule has 140 valence electrons. The van der Waals surface area contributed by atoms with Gasteiger partial charge in [0, 0.05) is 42.3 Å². The third-order valence-corrected chi connectivity index (χ3v) is 4.26. The Morgan fingerprint density at radius 3 is 2.67 bits per heavy atom. The van der Waals surface area contributed by atoms with Crippen molar-refractivity contribution < 1.29 is 4.79 Å². The molecule has 0 bridgehead atoms. The van der Waals surface area contributed by atoms with Crippen molar-refractivity contribution in [3.05, 3.63) is 59.7 Å². The minimum Gasteiger partial charge on any atom is -0.371 e. The van der Waals surface area contributed by atoms with E-state index < -0.39 is 0 Å². The number of amides is 1. The number of nitrogens with one attached hydrogen (secondary N) is 2. The minimum atomic E-state index is -0.124. The van der Waals surface area contributed by atoms with Crippen LogP contribution in [0, 0.1) is 13.8 Å². The minimum absolute atomic E-state index is 0.0523. The molecule has 0 aliphatic rings. The van der Waals surface area contributed by atoms with E-state index in [4.69, 9.17) is 0 Å². The maximum atomic E-state index is 12.7. The van der Waals surface area contributed by atoms with Gasteiger partial charge in [-0.15, -0.1) is 0 Å². The highest BCUT2D eigenvalue weighted by Gasteiger charge is 2.14. The Morgan fingerprint density at radius 2 is 1.96 bits per heavy atom. The molecule has 0 radical (unpaired) electrons. The summed E-state index contributed by atoms with van der Waals surface area (Å²) in [4.78, 5) is 21.3. The van der Waals surface area contributed by atoms with E-state index in [0.717, 1.165) is 17.0 Å². The predicted octanol–water partition coefficient (Wildman–Crippen LogP) is 2.82. The summed E-state index contributed by atoms with van der Waals surface area (Å²) in [6.07, 6.45) is 3.27. The normalized spacial score (nSPS) is 11.9. The second-order valence-corrected chi connectivity index (χ2v) is 6.57. The molecular formula is C20H24N6O. The number of aromatic nitrogens is 4. The van der Waals surface area contributed by atoms with E-state index in [2.05, 4.69) is 25.7 Å². The highest BCUT2D eigenvalue weighted by molar-refractivity contribution is 5.95. The van der Waals surface area contributed by atoms with Crippen molar-refractivity contribution in [2.75, 3.05) is 12.4 Å². The van der Waals surface area contributed by atoms with Gasteiger partial charge in [0.2, 0.25) is 0 Å². The molecular weight excluding hydrogens is 340 g/mol. The number of carbonyl (C=O) groups is 1. The Labute approximate surface area is 158 Å². The van der Waals surface area contributed by atoms with Gasteiger partial charge in [-0.3, -0.25) is 14.5 Å². The lowest BCUT2D eigenvalue weighted by atomic mass is 10.1. The Morgan fingerprint density at radius 1 is 1.19 bits per heavy atom. The second-order valence-electron chi connectivity index (χ2n) is 6.57. The van der Waals surface area contributed by atoms with Crippen LogP contribution < -0.4 is 10.6 Å². The lowest BCUT2D eigenvalue weighted by molar-refractivity contribution is 0.0936. The first-order chi connectivity index (χ1) is 13.0. The number of hydrogen-bond donors (Lipinski definition) is 2. The van der Waals surface area contributed by atoms with Crippen molar-refractivity contribution in [2.24, 2.45) is 0 Å². The van der Waals surface area contributed by atoms with E-state index in [1.165, 1.54) is 0 Å². The zero-order valence-electron chi connectivity index (χ0n) is 16.0. The number of benzene rings is 1. The first-order valence-corrected chi connectivity index (χ1v) is 8.89. The summed E-state index contributed by atoms with van der Waals surface area (Å²) < 4.78 is 1.91. The van der Waals surface area contributed by atoms with Crippen molar-refractivity contribution in [1.82, 2.24) is 25.1 Å². The van der Waals surface area contributed by atoms with Gasteiger partial charge in [-0.25, -0.2) is 4.98 Å². The largest absolute Gasteiger partial charge is 0.371 e.